The summed E-state index contributed by atoms with van der Waals surface area (Å²) in [4.78, 5) is 12.2. The topological polar surface area (TPSA) is 29.1 Å². The van der Waals surface area contributed by atoms with Gasteiger partial charge in [-0.25, -0.2) is 0 Å². The summed E-state index contributed by atoms with van der Waals surface area (Å²) in [5.74, 6) is -0.0666. The molecule has 0 spiro atoms. The number of amides is 1. The number of rotatable bonds is 3. The molecule has 1 N–H and O–H groups in total. The quantitative estimate of drug-likeness (QED) is 0.840. The Balaban J connectivity index is 3.26. The molecule has 0 saturated carbocycles. The van der Waals surface area contributed by atoms with E-state index in [0.717, 1.165) is 5.19 Å². The summed E-state index contributed by atoms with van der Waals surface area (Å²) in [7, 11) is -1.57. The molecular formula is C13H20ClNOSi. The van der Waals surface area contributed by atoms with Gasteiger partial charge in [0.05, 0.1) is 18.7 Å². The lowest BCUT2D eigenvalue weighted by atomic mass is 10.2. The van der Waals surface area contributed by atoms with Gasteiger partial charge < -0.3 is 5.32 Å². The van der Waals surface area contributed by atoms with Crippen LogP contribution in [-0.2, 0) is 0 Å². The number of carbonyl (C=O) groups excluding carboxylic acids is 1. The second kappa shape index (κ2) is 5.23. The van der Waals surface area contributed by atoms with E-state index in [1.54, 1.807) is 6.07 Å². The molecule has 17 heavy (non-hydrogen) atoms. The van der Waals surface area contributed by atoms with E-state index in [4.69, 9.17) is 11.6 Å². The van der Waals surface area contributed by atoms with Crippen LogP contribution in [0.4, 0.5) is 0 Å². The van der Waals surface area contributed by atoms with Crippen molar-refractivity contribution in [3.8, 4) is 0 Å². The van der Waals surface area contributed by atoms with Crippen LogP contribution in [0.25, 0.3) is 0 Å². The first-order chi connectivity index (χ1) is 7.73. The third kappa shape index (κ3) is 3.58. The molecular weight excluding hydrogens is 250 g/mol. The smallest absolute Gasteiger partial charge is 0.252 e. The highest BCUT2D eigenvalue weighted by atomic mass is 35.5. The summed E-state index contributed by atoms with van der Waals surface area (Å²) >= 11 is 6.18. The molecule has 1 amide bonds. The Bertz CT molecular complexity index is 424. The van der Waals surface area contributed by atoms with Crippen LogP contribution in [0.5, 0.6) is 0 Å². The van der Waals surface area contributed by atoms with Crippen molar-refractivity contribution in [3.63, 3.8) is 0 Å². The van der Waals surface area contributed by atoms with Gasteiger partial charge in [0.2, 0.25) is 0 Å². The van der Waals surface area contributed by atoms with Crippen LogP contribution in [0.3, 0.4) is 0 Å². The molecule has 0 fully saturated rings. The van der Waals surface area contributed by atoms with E-state index in [-0.39, 0.29) is 11.9 Å². The first-order valence-electron chi connectivity index (χ1n) is 5.83. The summed E-state index contributed by atoms with van der Waals surface area (Å²) in [6.45, 7) is 10.5. The molecule has 4 heteroatoms. The van der Waals surface area contributed by atoms with Gasteiger partial charge in [0.15, 0.2) is 0 Å². The molecule has 0 aliphatic rings. The molecule has 0 radical (unpaired) electrons. The van der Waals surface area contributed by atoms with E-state index in [9.17, 15) is 4.79 Å². The van der Waals surface area contributed by atoms with Crippen LogP contribution in [0, 0.1) is 0 Å². The monoisotopic (exact) mass is 269 g/mol. The zero-order chi connectivity index (χ0) is 13.2. The van der Waals surface area contributed by atoms with Gasteiger partial charge in [-0.05, 0) is 25.1 Å². The predicted molar refractivity (Wildman–Crippen MR) is 77.0 cm³/mol. The maximum atomic E-state index is 12.2. The van der Waals surface area contributed by atoms with Crippen molar-refractivity contribution in [2.24, 2.45) is 0 Å². The van der Waals surface area contributed by atoms with E-state index in [1.165, 1.54) is 0 Å². The molecule has 0 atom stereocenters. The van der Waals surface area contributed by atoms with Gasteiger partial charge in [-0.3, -0.25) is 4.79 Å². The summed E-state index contributed by atoms with van der Waals surface area (Å²) < 4.78 is 0. The highest BCUT2D eigenvalue weighted by molar-refractivity contribution is 6.89. The maximum absolute atomic E-state index is 12.2. The zero-order valence-corrected chi connectivity index (χ0v) is 12.9. The van der Waals surface area contributed by atoms with Crippen molar-refractivity contribution in [2.75, 3.05) is 0 Å². The Kier molecular flexibility index (Phi) is 4.39. The Labute approximate surface area is 109 Å². The van der Waals surface area contributed by atoms with Crippen molar-refractivity contribution in [2.45, 2.75) is 39.5 Å². The molecule has 0 aliphatic carbocycles. The number of benzene rings is 1. The number of carbonyl (C=O) groups is 1. The van der Waals surface area contributed by atoms with E-state index >= 15 is 0 Å². The second-order valence-electron chi connectivity index (χ2n) is 5.54. The summed E-state index contributed by atoms with van der Waals surface area (Å²) in [6.07, 6.45) is 0. The minimum absolute atomic E-state index is 0.0666. The van der Waals surface area contributed by atoms with Crippen molar-refractivity contribution >= 4 is 30.8 Å². The SMILES string of the molecule is CC(C)NC(=O)c1c(Cl)cccc1[Si](C)(C)C. The van der Waals surface area contributed by atoms with Crippen molar-refractivity contribution in [3.05, 3.63) is 28.8 Å². The van der Waals surface area contributed by atoms with Crippen LogP contribution >= 0.6 is 11.6 Å². The maximum Gasteiger partial charge on any atom is 0.252 e. The van der Waals surface area contributed by atoms with Crippen LogP contribution in [0.15, 0.2) is 18.2 Å². The molecule has 1 rings (SSSR count). The van der Waals surface area contributed by atoms with E-state index in [2.05, 4.69) is 25.0 Å². The van der Waals surface area contributed by atoms with E-state index in [1.807, 2.05) is 26.0 Å². The molecule has 1 aromatic carbocycles. The standard InChI is InChI=1S/C13H20ClNOSi/c1-9(2)15-13(16)12-10(14)7-6-8-11(12)17(3,4)5/h6-9H,1-5H3,(H,15,16). The van der Waals surface area contributed by atoms with Gasteiger partial charge in [-0.1, -0.05) is 43.4 Å². The van der Waals surface area contributed by atoms with Crippen molar-refractivity contribution in [1.82, 2.24) is 5.32 Å². The van der Waals surface area contributed by atoms with Gasteiger partial charge in [0.25, 0.3) is 5.91 Å². The average molecular weight is 270 g/mol. The highest BCUT2D eigenvalue weighted by Crippen LogP contribution is 2.17. The molecule has 0 saturated heterocycles. The van der Waals surface area contributed by atoms with Crippen molar-refractivity contribution < 1.29 is 4.79 Å². The predicted octanol–water partition coefficient (Wildman–Crippen LogP) is 3.02. The summed E-state index contributed by atoms with van der Waals surface area (Å²) in [5, 5.41) is 4.57. The number of hydrogen-bond acceptors (Lipinski definition) is 1. The van der Waals surface area contributed by atoms with Crippen LogP contribution in [0.1, 0.15) is 24.2 Å². The fourth-order valence-corrected chi connectivity index (χ4v) is 3.65. The van der Waals surface area contributed by atoms with Gasteiger partial charge in [0, 0.05) is 6.04 Å². The lowest BCUT2D eigenvalue weighted by Crippen LogP contribution is -2.44. The van der Waals surface area contributed by atoms with Crippen molar-refractivity contribution in [1.29, 1.82) is 0 Å². The third-order valence-corrected chi connectivity index (χ3v) is 4.82. The minimum Gasteiger partial charge on any atom is -0.350 e. The number of hydrogen-bond donors (Lipinski definition) is 1. The molecule has 0 heterocycles. The highest BCUT2D eigenvalue weighted by Gasteiger charge is 2.25. The molecule has 0 unspecified atom stereocenters. The first-order valence-corrected chi connectivity index (χ1v) is 9.71. The zero-order valence-electron chi connectivity index (χ0n) is 11.1. The third-order valence-electron chi connectivity index (χ3n) is 2.47. The van der Waals surface area contributed by atoms with Crippen LogP contribution in [-0.4, -0.2) is 20.0 Å². The molecule has 2 nitrogen and oxygen atoms in total. The van der Waals surface area contributed by atoms with Gasteiger partial charge in [0.1, 0.15) is 0 Å². The second-order valence-corrected chi connectivity index (χ2v) is 11.0. The molecule has 0 aromatic heterocycles. The Morgan fingerprint density at radius 3 is 2.35 bits per heavy atom. The number of nitrogens with one attached hydrogen (secondary N) is 1. The average Bonchev–Trinajstić information content (AvgIpc) is 2.14. The Hall–Kier alpha value is -0.803. The molecule has 94 valence electrons. The van der Waals surface area contributed by atoms with E-state index in [0.29, 0.717) is 10.6 Å². The fraction of sp³-hybridized carbons (Fsp3) is 0.462. The normalized spacial score (nSPS) is 11.7. The lowest BCUT2D eigenvalue weighted by molar-refractivity contribution is 0.0944. The largest absolute Gasteiger partial charge is 0.350 e. The molecule has 0 aliphatic heterocycles. The Morgan fingerprint density at radius 2 is 1.88 bits per heavy atom. The van der Waals surface area contributed by atoms with Gasteiger partial charge in [-0.2, -0.15) is 0 Å². The van der Waals surface area contributed by atoms with E-state index < -0.39 is 8.07 Å². The Morgan fingerprint density at radius 1 is 1.29 bits per heavy atom. The summed E-state index contributed by atoms with van der Waals surface area (Å²) in [5.41, 5.74) is 0.655. The first kappa shape index (κ1) is 14.3. The van der Waals surface area contributed by atoms with Gasteiger partial charge >= 0.3 is 0 Å². The van der Waals surface area contributed by atoms with Crippen LogP contribution < -0.4 is 10.5 Å². The molecule has 1 aromatic rings. The lowest BCUT2D eigenvalue weighted by Gasteiger charge is -2.22. The van der Waals surface area contributed by atoms with Crippen LogP contribution in [0.2, 0.25) is 24.7 Å². The number of halogens is 1. The fourth-order valence-electron chi connectivity index (χ4n) is 1.71. The summed E-state index contributed by atoms with van der Waals surface area (Å²) in [6, 6.07) is 5.84. The minimum atomic E-state index is -1.57. The molecule has 0 bridgehead atoms. The van der Waals surface area contributed by atoms with Gasteiger partial charge in [-0.15, -0.1) is 0 Å².